The lowest BCUT2D eigenvalue weighted by molar-refractivity contribution is 0.613. The highest BCUT2D eigenvalue weighted by Gasteiger charge is 2.01. The maximum atomic E-state index is 5.78. The second-order valence-electron chi connectivity index (χ2n) is 9.74. The minimum absolute atomic E-state index is 0.823. The number of nitrogens with two attached hydrogens (primary N) is 2. The van der Waals surface area contributed by atoms with Crippen molar-refractivity contribution in [1.82, 2.24) is 0 Å². The van der Waals surface area contributed by atoms with E-state index in [1.54, 1.807) is 0 Å². The Labute approximate surface area is 211 Å². The molecule has 4 aromatic carbocycles. The maximum Gasteiger partial charge on any atom is 0.0314 e. The molecule has 4 rings (SSSR count). The molecular formula is C33H38N2. The Morgan fingerprint density at radius 2 is 0.571 bits per heavy atom. The second-order valence-corrected chi connectivity index (χ2v) is 9.74. The summed E-state index contributed by atoms with van der Waals surface area (Å²) in [5.41, 5.74) is 21.4. The van der Waals surface area contributed by atoms with Gasteiger partial charge in [0.25, 0.3) is 0 Å². The number of rotatable bonds is 12. The third-order valence-corrected chi connectivity index (χ3v) is 6.75. The van der Waals surface area contributed by atoms with E-state index in [4.69, 9.17) is 11.5 Å². The summed E-state index contributed by atoms with van der Waals surface area (Å²) < 4.78 is 0. The van der Waals surface area contributed by atoms with Crippen LogP contribution in [-0.4, -0.2) is 0 Å². The van der Waals surface area contributed by atoms with Crippen molar-refractivity contribution >= 4 is 11.4 Å². The second kappa shape index (κ2) is 12.8. The summed E-state index contributed by atoms with van der Waals surface area (Å²) in [5.74, 6) is 0. The highest BCUT2D eigenvalue weighted by atomic mass is 14.5. The van der Waals surface area contributed by atoms with Crippen LogP contribution in [-0.2, 0) is 25.7 Å². The van der Waals surface area contributed by atoms with E-state index in [9.17, 15) is 0 Å². The molecule has 4 aromatic rings. The number of hydrogen-bond donors (Lipinski definition) is 2. The molecule has 0 amide bonds. The fourth-order valence-electron chi connectivity index (χ4n) is 4.58. The van der Waals surface area contributed by atoms with Gasteiger partial charge in [-0.3, -0.25) is 0 Å². The maximum absolute atomic E-state index is 5.78. The quantitative estimate of drug-likeness (QED) is 0.167. The Balaban J connectivity index is 1.08. The van der Waals surface area contributed by atoms with Crippen LogP contribution in [0.3, 0.4) is 0 Å². The molecule has 180 valence electrons. The molecule has 35 heavy (non-hydrogen) atoms. The molecule has 0 unspecified atom stereocenters. The summed E-state index contributed by atoms with van der Waals surface area (Å²) in [5, 5.41) is 0. The Bertz CT molecular complexity index is 1050. The first-order valence-electron chi connectivity index (χ1n) is 13.0. The Hall–Kier alpha value is -3.52. The number of aryl methyl sites for hydroxylation is 2. The number of hydrogen-bond acceptors (Lipinski definition) is 2. The van der Waals surface area contributed by atoms with E-state index < -0.39 is 0 Å². The first kappa shape index (κ1) is 24.6. The van der Waals surface area contributed by atoms with Crippen LogP contribution in [0.1, 0.15) is 65.5 Å². The van der Waals surface area contributed by atoms with E-state index in [1.165, 1.54) is 78.3 Å². The van der Waals surface area contributed by atoms with Crippen LogP contribution in [0.25, 0.3) is 0 Å². The molecule has 0 aromatic heterocycles. The Morgan fingerprint density at radius 1 is 0.314 bits per heavy atom. The third-order valence-electron chi connectivity index (χ3n) is 6.75. The normalized spacial score (nSPS) is 11.0. The van der Waals surface area contributed by atoms with E-state index in [0.717, 1.165) is 24.2 Å². The van der Waals surface area contributed by atoms with Gasteiger partial charge >= 0.3 is 0 Å². The van der Waals surface area contributed by atoms with Gasteiger partial charge < -0.3 is 11.5 Å². The molecular weight excluding hydrogens is 424 g/mol. The molecule has 0 heterocycles. The lowest BCUT2D eigenvalue weighted by atomic mass is 9.99. The number of nitrogen functional groups attached to an aromatic ring is 2. The van der Waals surface area contributed by atoms with Gasteiger partial charge in [-0.25, -0.2) is 0 Å². The topological polar surface area (TPSA) is 52.0 Å². The van der Waals surface area contributed by atoms with Gasteiger partial charge in [-0.2, -0.15) is 0 Å². The molecule has 0 saturated heterocycles. The standard InChI is InChI=1S/C33H38N2/c34-32-20-16-30(17-21-32)24-28-12-8-26(9-13-28)6-4-2-1-3-5-7-27-10-14-29(15-11-27)25-31-18-22-33(35)23-19-31/h8-23H,1-7,24-25,34-35H2. The molecule has 0 fully saturated rings. The van der Waals surface area contributed by atoms with Crippen LogP contribution in [0.4, 0.5) is 11.4 Å². The highest BCUT2D eigenvalue weighted by Crippen LogP contribution is 2.17. The van der Waals surface area contributed by atoms with Crippen LogP contribution in [0, 0.1) is 0 Å². The van der Waals surface area contributed by atoms with Crippen LogP contribution in [0.15, 0.2) is 97.1 Å². The zero-order valence-electron chi connectivity index (χ0n) is 20.8. The summed E-state index contributed by atoms with van der Waals surface area (Å²) in [6.45, 7) is 0. The summed E-state index contributed by atoms with van der Waals surface area (Å²) in [6, 6.07) is 34.6. The van der Waals surface area contributed by atoms with Gasteiger partial charge in [-0.05, 0) is 96.2 Å². The molecule has 0 saturated carbocycles. The zero-order valence-corrected chi connectivity index (χ0v) is 20.8. The molecule has 0 spiro atoms. The molecule has 4 N–H and O–H groups in total. The Morgan fingerprint density at radius 3 is 0.914 bits per heavy atom. The first-order valence-corrected chi connectivity index (χ1v) is 13.0. The van der Waals surface area contributed by atoms with Crippen molar-refractivity contribution in [3.63, 3.8) is 0 Å². The molecule has 0 aliphatic carbocycles. The van der Waals surface area contributed by atoms with E-state index in [1.807, 2.05) is 24.3 Å². The van der Waals surface area contributed by atoms with E-state index in [0.29, 0.717) is 0 Å². The van der Waals surface area contributed by atoms with Gasteiger partial charge in [0.2, 0.25) is 0 Å². The van der Waals surface area contributed by atoms with Crippen LogP contribution >= 0.6 is 0 Å². The van der Waals surface area contributed by atoms with Crippen molar-refractivity contribution in [3.05, 3.63) is 130 Å². The van der Waals surface area contributed by atoms with Crippen molar-refractivity contribution < 1.29 is 0 Å². The van der Waals surface area contributed by atoms with Gasteiger partial charge in [0.05, 0.1) is 0 Å². The van der Waals surface area contributed by atoms with E-state index in [-0.39, 0.29) is 0 Å². The van der Waals surface area contributed by atoms with Crippen molar-refractivity contribution in [2.75, 3.05) is 11.5 Å². The molecule has 0 radical (unpaired) electrons. The molecule has 0 bridgehead atoms. The zero-order chi connectivity index (χ0) is 24.3. The lowest BCUT2D eigenvalue weighted by Crippen LogP contribution is -1.92. The van der Waals surface area contributed by atoms with Gasteiger partial charge in [-0.15, -0.1) is 0 Å². The van der Waals surface area contributed by atoms with Gasteiger partial charge in [0, 0.05) is 11.4 Å². The van der Waals surface area contributed by atoms with Crippen molar-refractivity contribution in [2.24, 2.45) is 0 Å². The molecule has 2 heteroatoms. The lowest BCUT2D eigenvalue weighted by Gasteiger charge is -2.07. The molecule has 0 atom stereocenters. The highest BCUT2D eigenvalue weighted by molar-refractivity contribution is 5.41. The summed E-state index contributed by atoms with van der Waals surface area (Å²) >= 11 is 0. The molecule has 0 aliphatic heterocycles. The predicted molar refractivity (Wildman–Crippen MR) is 151 cm³/mol. The fraction of sp³-hybridized carbons (Fsp3) is 0.273. The van der Waals surface area contributed by atoms with Gasteiger partial charge in [0.1, 0.15) is 0 Å². The first-order chi connectivity index (χ1) is 17.1. The predicted octanol–water partition coefficient (Wildman–Crippen LogP) is 7.77. The van der Waals surface area contributed by atoms with Crippen molar-refractivity contribution in [1.29, 1.82) is 0 Å². The Kier molecular flexibility index (Phi) is 9.00. The van der Waals surface area contributed by atoms with Gasteiger partial charge in [0.15, 0.2) is 0 Å². The third kappa shape index (κ3) is 8.33. The van der Waals surface area contributed by atoms with Crippen LogP contribution < -0.4 is 11.5 Å². The number of anilines is 2. The molecule has 0 aliphatic rings. The summed E-state index contributed by atoms with van der Waals surface area (Å²) in [7, 11) is 0. The minimum Gasteiger partial charge on any atom is -0.399 e. The minimum atomic E-state index is 0.823. The van der Waals surface area contributed by atoms with E-state index in [2.05, 4.69) is 72.8 Å². The number of unbranched alkanes of at least 4 members (excludes halogenated alkanes) is 4. The van der Waals surface area contributed by atoms with Crippen LogP contribution in [0.5, 0.6) is 0 Å². The average Bonchev–Trinajstić information content (AvgIpc) is 2.88. The SMILES string of the molecule is Nc1ccc(Cc2ccc(CCCCCCCc3ccc(Cc4ccc(N)cc4)cc3)cc2)cc1. The van der Waals surface area contributed by atoms with Crippen molar-refractivity contribution in [2.45, 2.75) is 57.8 Å². The van der Waals surface area contributed by atoms with Gasteiger partial charge in [-0.1, -0.05) is 92.1 Å². The summed E-state index contributed by atoms with van der Waals surface area (Å²) in [4.78, 5) is 0. The fourth-order valence-corrected chi connectivity index (χ4v) is 4.58. The average molecular weight is 463 g/mol. The van der Waals surface area contributed by atoms with E-state index >= 15 is 0 Å². The monoisotopic (exact) mass is 462 g/mol. The van der Waals surface area contributed by atoms with Crippen molar-refractivity contribution in [3.8, 4) is 0 Å². The summed E-state index contributed by atoms with van der Waals surface area (Å²) in [6.07, 6.45) is 10.8. The van der Waals surface area contributed by atoms with Crippen LogP contribution in [0.2, 0.25) is 0 Å². The molecule has 2 nitrogen and oxygen atoms in total. The smallest absolute Gasteiger partial charge is 0.0314 e. The largest absolute Gasteiger partial charge is 0.399 e. The number of benzene rings is 4.